The van der Waals surface area contributed by atoms with Gasteiger partial charge in [0.1, 0.15) is 36.8 Å². The number of aliphatic hydroxyl groups is 1. The van der Waals surface area contributed by atoms with Gasteiger partial charge in [-0.15, -0.1) is 0 Å². The predicted octanol–water partition coefficient (Wildman–Crippen LogP) is -1.02. The number of aryl methyl sites for hydroxylation is 1. The molecule has 29 heteroatoms. The number of aromatic nitrogens is 2. The van der Waals surface area contributed by atoms with E-state index in [1.54, 1.807) is 50.2 Å². The maximum atomic E-state index is 15.4. The highest BCUT2D eigenvalue weighted by atomic mass is 35.5. The molecule has 2 aliphatic heterocycles. The van der Waals surface area contributed by atoms with Crippen LogP contribution >= 0.6 is 11.6 Å². The highest BCUT2D eigenvalue weighted by molar-refractivity contribution is 6.32. The lowest BCUT2D eigenvalue weighted by Crippen LogP contribution is -2.52. The molecule has 8 rings (SSSR count). The third-order valence-electron chi connectivity index (χ3n) is 15.1. The molecule has 1 fully saturated rings. The third-order valence-corrected chi connectivity index (χ3v) is 15.5. The number of nitrogens with one attached hydrogen (secondary N) is 8. The van der Waals surface area contributed by atoms with E-state index in [1.165, 1.54) is 10.6 Å². The summed E-state index contributed by atoms with van der Waals surface area (Å²) in [5, 5.41) is 32.3. The van der Waals surface area contributed by atoms with Crippen molar-refractivity contribution in [2.75, 3.05) is 59.3 Å². The van der Waals surface area contributed by atoms with Gasteiger partial charge in [0.25, 0.3) is 11.5 Å². The van der Waals surface area contributed by atoms with E-state index in [9.17, 15) is 57.8 Å². The third kappa shape index (κ3) is 15.0. The quantitative estimate of drug-likeness (QED) is 0.0150. The molecule has 0 saturated heterocycles. The Labute approximate surface area is 496 Å². The van der Waals surface area contributed by atoms with E-state index in [2.05, 4.69) is 42.5 Å². The number of rotatable bonds is 30. The van der Waals surface area contributed by atoms with E-state index in [1.807, 2.05) is 0 Å². The summed E-state index contributed by atoms with van der Waals surface area (Å²) in [4.78, 5) is 145. The van der Waals surface area contributed by atoms with Crippen LogP contribution in [0.2, 0.25) is 5.02 Å². The van der Waals surface area contributed by atoms with Gasteiger partial charge in [-0.3, -0.25) is 47.9 Å². The molecule has 2 aromatic heterocycles. The van der Waals surface area contributed by atoms with Crippen molar-refractivity contribution in [2.24, 2.45) is 5.73 Å². The number of nitrogens with zero attached hydrogens (tertiary/aromatic N) is 2. The molecule has 4 heterocycles. The van der Waals surface area contributed by atoms with Gasteiger partial charge in [-0.05, 0) is 54.9 Å². The summed E-state index contributed by atoms with van der Waals surface area (Å²) in [6.07, 6.45) is 0.795. The molecule has 27 nitrogen and oxygen atoms in total. The minimum Gasteiger partial charge on any atom is -0.458 e. The lowest BCUT2D eigenvalue weighted by molar-refractivity contribution is -0.172. The van der Waals surface area contributed by atoms with Crippen LogP contribution in [0.15, 0.2) is 47.3 Å². The number of fused-ring (bicyclic) bond motifs is 5. The summed E-state index contributed by atoms with van der Waals surface area (Å²) in [6.45, 7) is 1.33. The second-order valence-electron chi connectivity index (χ2n) is 20.9. The summed E-state index contributed by atoms with van der Waals surface area (Å²) in [7, 11) is 0. The minimum absolute atomic E-state index is 0.00384. The minimum atomic E-state index is -2.08. The normalized spacial score (nSPS) is 17.3. The number of cyclic esters (lactones) is 1. The van der Waals surface area contributed by atoms with Gasteiger partial charge in [-0.2, -0.15) is 0 Å². The van der Waals surface area contributed by atoms with Crippen LogP contribution in [0.3, 0.4) is 0 Å². The van der Waals surface area contributed by atoms with Crippen LogP contribution in [0.1, 0.15) is 98.2 Å². The number of pyridine rings is 2. The van der Waals surface area contributed by atoms with Crippen LogP contribution in [-0.2, 0) is 98.5 Å². The van der Waals surface area contributed by atoms with Gasteiger partial charge in [0.15, 0.2) is 5.60 Å². The Morgan fingerprint density at radius 1 is 0.826 bits per heavy atom. The van der Waals surface area contributed by atoms with Crippen LogP contribution < -0.4 is 53.8 Å². The number of primary amides is 1. The van der Waals surface area contributed by atoms with Crippen molar-refractivity contribution >= 4 is 81.6 Å². The second-order valence-corrected chi connectivity index (χ2v) is 21.3. The van der Waals surface area contributed by atoms with E-state index in [0.717, 1.165) is 0 Å². The largest absolute Gasteiger partial charge is 0.458 e. The molecular formula is C57H67ClFN11O16. The molecule has 2 aromatic carbocycles. The fraction of sp³-hybridized carbons (Fsp3) is 0.474. The molecule has 0 bridgehead atoms. The molecule has 4 aliphatic rings. The first-order valence-corrected chi connectivity index (χ1v) is 28.4. The van der Waals surface area contributed by atoms with Gasteiger partial charge < -0.3 is 76.9 Å². The van der Waals surface area contributed by atoms with E-state index in [-0.39, 0.29) is 113 Å². The molecule has 0 spiro atoms. The predicted molar refractivity (Wildman–Crippen MR) is 301 cm³/mol. The molecule has 4 atom stereocenters. The van der Waals surface area contributed by atoms with Crippen LogP contribution in [0, 0.1) is 5.82 Å². The van der Waals surface area contributed by atoms with Gasteiger partial charge in [0, 0.05) is 48.4 Å². The molecule has 11 N–H and O–H groups in total. The van der Waals surface area contributed by atoms with Crippen molar-refractivity contribution in [2.45, 2.75) is 114 Å². The van der Waals surface area contributed by atoms with E-state index < -0.39 is 126 Å². The smallest absolute Gasteiger partial charge is 0.343 e. The van der Waals surface area contributed by atoms with Gasteiger partial charge in [-0.1, -0.05) is 55.8 Å². The summed E-state index contributed by atoms with van der Waals surface area (Å²) in [5.41, 5.74) is 4.68. The number of carbonyl (C=O) groups excluding carboxylic acids is 10. The molecule has 0 unspecified atom stereocenters. The van der Waals surface area contributed by atoms with Crippen molar-refractivity contribution in [3.8, 4) is 11.4 Å². The number of carbonyl (C=O) groups is 10. The lowest BCUT2D eigenvalue weighted by Gasteiger charge is -2.31. The van der Waals surface area contributed by atoms with Crippen molar-refractivity contribution in [3.63, 3.8) is 0 Å². The molecule has 0 radical (unpaired) electrons. The Kier molecular flexibility index (Phi) is 20.8. The topological polar surface area (TPSA) is 385 Å². The average Bonchev–Trinajstić information content (AvgIpc) is 1.45. The fourth-order valence-electron chi connectivity index (χ4n) is 10.3. The van der Waals surface area contributed by atoms with Crippen molar-refractivity contribution in [1.29, 1.82) is 0 Å². The van der Waals surface area contributed by atoms with Crippen LogP contribution in [0.25, 0.3) is 22.3 Å². The number of amides is 9. The van der Waals surface area contributed by atoms with Gasteiger partial charge >= 0.3 is 5.97 Å². The van der Waals surface area contributed by atoms with Crippen molar-refractivity contribution in [3.05, 3.63) is 97.0 Å². The van der Waals surface area contributed by atoms with Gasteiger partial charge in [0.2, 0.25) is 47.3 Å². The number of hydrogen-bond acceptors (Lipinski definition) is 17. The average molecular weight is 1220 g/mol. The number of hydrogen-bond donors (Lipinski definition) is 10. The molecule has 2 aliphatic carbocycles. The first-order chi connectivity index (χ1) is 41.2. The monoisotopic (exact) mass is 1220 g/mol. The van der Waals surface area contributed by atoms with Crippen LogP contribution in [0.4, 0.5) is 4.39 Å². The number of benzene rings is 2. The molecule has 86 heavy (non-hydrogen) atoms. The van der Waals surface area contributed by atoms with E-state index in [0.29, 0.717) is 51.9 Å². The molecular weight excluding hydrogens is 1150 g/mol. The highest BCUT2D eigenvalue weighted by Crippen LogP contribution is 2.48. The number of nitrogens with two attached hydrogens (primary N) is 1. The zero-order valence-corrected chi connectivity index (χ0v) is 48.0. The summed E-state index contributed by atoms with van der Waals surface area (Å²) < 4.78 is 38.7. The Hall–Kier alpha value is -8.44. The number of ether oxygens (including phenoxy) is 4. The molecule has 1 saturated carbocycles. The Bertz CT molecular complexity index is 3400. The first-order valence-electron chi connectivity index (χ1n) is 28.0. The van der Waals surface area contributed by atoms with Crippen molar-refractivity contribution < 1.29 is 76.4 Å². The maximum Gasteiger partial charge on any atom is 0.343 e. The Balaban J connectivity index is 0.765. The Morgan fingerprint density at radius 3 is 2.22 bits per heavy atom. The summed E-state index contributed by atoms with van der Waals surface area (Å²) >= 11 is 6.54. The Morgan fingerprint density at radius 2 is 1.51 bits per heavy atom. The molecule has 460 valence electrons. The van der Waals surface area contributed by atoms with Gasteiger partial charge in [0.05, 0.1) is 92.6 Å². The summed E-state index contributed by atoms with van der Waals surface area (Å²) in [6, 6.07) is 8.41. The number of esters is 1. The van der Waals surface area contributed by atoms with Crippen LogP contribution in [-0.4, -0.2) is 151 Å². The second kappa shape index (κ2) is 28.2. The fourth-order valence-corrected chi connectivity index (χ4v) is 10.5. The van der Waals surface area contributed by atoms with E-state index in [4.69, 9.17) is 41.3 Å². The van der Waals surface area contributed by atoms with Gasteiger partial charge in [-0.25, -0.2) is 14.2 Å². The zero-order chi connectivity index (χ0) is 61.9. The first kappa shape index (κ1) is 63.6. The van der Waals surface area contributed by atoms with E-state index >= 15 is 4.39 Å². The molecule has 9 amide bonds. The number of halogens is 2. The summed E-state index contributed by atoms with van der Waals surface area (Å²) in [5.74, 6) is -7.22. The zero-order valence-electron chi connectivity index (χ0n) is 47.2. The molecule has 4 aromatic rings. The standard InChI is InChI=1S/C57H67ClFN11O16/c1-3-41(71)66-38(51(60)77)23-43(73)61-15-17-84-19-18-83-16-12-42(72)62-24-44(74)63-26-46(76)67-39(20-30-8-6-5-7-9-30)52(78)64-25-45(75)65-29-86-56(13-14-56)54(80)69-36-11-10-31-47-37(22-35(59)49(31)58)68-50-32(48(36)47)27-70-40(50)21-34-33(53(70)79)28-85-55(81)57(34,82)4-2/h5-9,21-22,36,38-39,82H,3-4,10-20,23-29H2,1-2H3,(H2,60,77)(H,61,73)(H,62,72)(H,63,74)(H,64,78)(H,65,75)(H,66,71)(H,67,76)(H,69,80)/t36-,38-,39-,57-/m0/s1. The highest BCUT2D eigenvalue weighted by Gasteiger charge is 2.53. The maximum absolute atomic E-state index is 15.4. The van der Waals surface area contributed by atoms with Crippen molar-refractivity contribution in [1.82, 2.24) is 52.1 Å². The SMILES string of the molecule is CCC(=O)N[C@@H](CC(=O)NCCOCCOCCC(=O)NCC(=O)NCC(=O)N[C@@H](Cc1ccccc1)C(=O)NCC(=O)NCOC1(C(=O)N[C@H]2CCc3c(Cl)c(F)cc4nc5c(c2c34)Cn2c-5cc3c(c2=O)COC(=O)[C@]3(O)CC)CC1)C(N)=O. The lowest BCUT2D eigenvalue weighted by atomic mass is 9.83. The van der Waals surface area contributed by atoms with Crippen LogP contribution in [0.5, 0.6) is 0 Å².